The molecule has 1 aliphatic carbocycles. The predicted octanol–water partition coefficient (Wildman–Crippen LogP) is 1.29. The van der Waals surface area contributed by atoms with E-state index >= 15 is 0 Å². The maximum atomic E-state index is 8.87. The minimum Gasteiger partial charge on any atom is -0.396 e. The lowest BCUT2D eigenvalue weighted by molar-refractivity contribution is 0.0818. The number of rotatable bonds is 7. The van der Waals surface area contributed by atoms with Crippen LogP contribution in [0.2, 0.25) is 0 Å². The van der Waals surface area contributed by atoms with Gasteiger partial charge in [-0.2, -0.15) is 0 Å². The normalized spacial score (nSPS) is 18.9. The summed E-state index contributed by atoms with van der Waals surface area (Å²) in [4.78, 5) is 3.05. The smallest absolute Gasteiger partial charge is 0.0742 e. The van der Waals surface area contributed by atoms with E-state index in [9.17, 15) is 0 Å². The Morgan fingerprint density at radius 3 is 2.67 bits per heavy atom. The summed E-state index contributed by atoms with van der Waals surface area (Å²) in [5.74, 6) is 0. The summed E-state index contributed by atoms with van der Waals surface area (Å²) >= 11 is 4.95. The van der Waals surface area contributed by atoms with E-state index in [0.29, 0.717) is 17.1 Å². The van der Waals surface area contributed by atoms with E-state index < -0.39 is 0 Å². The van der Waals surface area contributed by atoms with Gasteiger partial charge in [-0.1, -0.05) is 18.6 Å². The van der Waals surface area contributed by atoms with Gasteiger partial charge in [-0.05, 0) is 26.2 Å². The Balaban J connectivity index is 2.42. The molecule has 0 bridgehead atoms. The number of aliphatic hydroxyl groups is 1. The fourth-order valence-electron chi connectivity index (χ4n) is 2.14. The van der Waals surface area contributed by atoms with E-state index in [1.165, 1.54) is 19.3 Å². The molecular weight excluding hydrogens is 208 g/mol. The van der Waals surface area contributed by atoms with Gasteiger partial charge in [-0.3, -0.25) is 4.90 Å². The van der Waals surface area contributed by atoms with Crippen molar-refractivity contribution in [3.05, 3.63) is 0 Å². The van der Waals surface area contributed by atoms with Crippen LogP contribution < -0.4 is 5.73 Å². The van der Waals surface area contributed by atoms with E-state index in [2.05, 4.69) is 11.8 Å². The first-order chi connectivity index (χ1) is 7.15. The lowest BCUT2D eigenvalue weighted by atomic mass is 9.90. The maximum Gasteiger partial charge on any atom is 0.0742 e. The molecule has 3 N–H and O–H groups in total. The number of nitrogens with zero attached hydrogens (tertiary/aromatic N) is 1. The molecule has 4 heteroatoms. The first-order valence-corrected chi connectivity index (χ1v) is 6.21. The van der Waals surface area contributed by atoms with Gasteiger partial charge in [-0.15, -0.1) is 0 Å². The molecule has 1 fully saturated rings. The Morgan fingerprint density at radius 2 is 2.27 bits per heavy atom. The molecule has 0 aromatic rings. The highest BCUT2D eigenvalue weighted by molar-refractivity contribution is 7.80. The minimum atomic E-state index is 0.267. The summed E-state index contributed by atoms with van der Waals surface area (Å²) in [6, 6.07) is 1.11. The third-order valence-corrected chi connectivity index (χ3v) is 3.35. The highest BCUT2D eigenvalue weighted by Crippen LogP contribution is 2.27. The van der Waals surface area contributed by atoms with Gasteiger partial charge in [0.15, 0.2) is 0 Å². The van der Waals surface area contributed by atoms with Gasteiger partial charge in [0.2, 0.25) is 0 Å². The minimum absolute atomic E-state index is 0.267. The molecule has 1 atom stereocenters. The molecule has 0 aromatic heterocycles. The Morgan fingerprint density at radius 1 is 1.60 bits per heavy atom. The third kappa shape index (κ3) is 4.05. The SMILES string of the molecule is CC(CC(N)=S)N(CCCO)C1CCC1. The highest BCUT2D eigenvalue weighted by Gasteiger charge is 2.28. The quantitative estimate of drug-likeness (QED) is 0.647. The van der Waals surface area contributed by atoms with E-state index in [-0.39, 0.29) is 6.61 Å². The molecule has 0 amide bonds. The Bertz CT molecular complexity index is 207. The van der Waals surface area contributed by atoms with E-state index in [1.807, 2.05) is 0 Å². The van der Waals surface area contributed by atoms with Crippen LogP contribution in [-0.4, -0.2) is 40.2 Å². The number of thiocarbonyl (C=S) groups is 1. The average Bonchev–Trinajstić information content (AvgIpc) is 2.07. The van der Waals surface area contributed by atoms with Crippen LogP contribution in [-0.2, 0) is 0 Å². The Labute approximate surface area is 97.6 Å². The molecule has 1 rings (SSSR count). The van der Waals surface area contributed by atoms with Gasteiger partial charge < -0.3 is 10.8 Å². The second-order valence-corrected chi connectivity index (χ2v) is 4.94. The van der Waals surface area contributed by atoms with Crippen LogP contribution in [0.25, 0.3) is 0 Å². The van der Waals surface area contributed by atoms with Crippen LogP contribution in [0.15, 0.2) is 0 Å². The van der Waals surface area contributed by atoms with Crippen molar-refractivity contribution in [1.29, 1.82) is 0 Å². The van der Waals surface area contributed by atoms with Crippen LogP contribution in [0.4, 0.5) is 0 Å². The fourth-order valence-corrected chi connectivity index (χ4v) is 2.38. The zero-order valence-corrected chi connectivity index (χ0v) is 10.3. The van der Waals surface area contributed by atoms with Crippen LogP contribution in [0.1, 0.15) is 39.0 Å². The van der Waals surface area contributed by atoms with Crippen LogP contribution in [0, 0.1) is 0 Å². The molecule has 0 aromatic carbocycles. The monoisotopic (exact) mass is 230 g/mol. The molecule has 3 nitrogen and oxygen atoms in total. The number of aliphatic hydroxyl groups excluding tert-OH is 1. The van der Waals surface area contributed by atoms with Crippen molar-refractivity contribution in [2.24, 2.45) is 5.73 Å². The van der Waals surface area contributed by atoms with Crippen molar-refractivity contribution in [3.8, 4) is 0 Å². The zero-order chi connectivity index (χ0) is 11.3. The molecule has 1 unspecified atom stereocenters. The van der Waals surface area contributed by atoms with E-state index in [0.717, 1.165) is 19.4 Å². The second-order valence-electron chi connectivity index (χ2n) is 4.42. The average molecular weight is 230 g/mol. The molecular formula is C11H22N2OS. The number of hydrogen-bond donors (Lipinski definition) is 2. The van der Waals surface area contributed by atoms with Crippen LogP contribution >= 0.6 is 12.2 Å². The second kappa shape index (κ2) is 6.40. The first kappa shape index (κ1) is 12.9. The lowest BCUT2D eigenvalue weighted by Crippen LogP contribution is -2.47. The van der Waals surface area contributed by atoms with E-state index in [4.69, 9.17) is 23.1 Å². The summed E-state index contributed by atoms with van der Waals surface area (Å²) < 4.78 is 0. The van der Waals surface area contributed by atoms with Crippen molar-refractivity contribution in [3.63, 3.8) is 0 Å². The molecule has 88 valence electrons. The van der Waals surface area contributed by atoms with Gasteiger partial charge in [0.25, 0.3) is 0 Å². The number of hydrogen-bond acceptors (Lipinski definition) is 3. The topological polar surface area (TPSA) is 49.5 Å². The van der Waals surface area contributed by atoms with Gasteiger partial charge in [0.1, 0.15) is 0 Å². The lowest BCUT2D eigenvalue weighted by Gasteiger charge is -2.41. The largest absolute Gasteiger partial charge is 0.396 e. The van der Waals surface area contributed by atoms with Gasteiger partial charge in [-0.25, -0.2) is 0 Å². The predicted molar refractivity (Wildman–Crippen MR) is 66.9 cm³/mol. The molecule has 0 saturated heterocycles. The Hall–Kier alpha value is -0.190. The van der Waals surface area contributed by atoms with Crippen molar-refractivity contribution < 1.29 is 5.11 Å². The molecule has 1 aliphatic rings. The highest BCUT2D eigenvalue weighted by atomic mass is 32.1. The summed E-state index contributed by atoms with van der Waals surface area (Å²) in [7, 11) is 0. The van der Waals surface area contributed by atoms with Gasteiger partial charge >= 0.3 is 0 Å². The molecule has 15 heavy (non-hydrogen) atoms. The summed E-state index contributed by atoms with van der Waals surface area (Å²) in [6.07, 6.45) is 5.54. The van der Waals surface area contributed by atoms with Crippen molar-refractivity contribution in [2.45, 2.75) is 51.1 Å². The molecule has 0 aliphatic heterocycles. The van der Waals surface area contributed by atoms with Gasteiger partial charge in [0.05, 0.1) is 4.99 Å². The van der Waals surface area contributed by atoms with Crippen LogP contribution in [0.5, 0.6) is 0 Å². The standard InChI is InChI=1S/C11H22N2OS/c1-9(8-11(12)15)13(6-3-7-14)10-4-2-5-10/h9-10,14H,2-8H2,1H3,(H2,12,15). The van der Waals surface area contributed by atoms with Crippen LogP contribution in [0.3, 0.4) is 0 Å². The molecule has 0 radical (unpaired) electrons. The van der Waals surface area contributed by atoms with Crippen molar-refractivity contribution >= 4 is 17.2 Å². The summed E-state index contributed by atoms with van der Waals surface area (Å²) in [5.41, 5.74) is 5.57. The third-order valence-electron chi connectivity index (χ3n) is 3.18. The fraction of sp³-hybridized carbons (Fsp3) is 0.909. The van der Waals surface area contributed by atoms with Crippen molar-refractivity contribution in [1.82, 2.24) is 4.90 Å². The first-order valence-electron chi connectivity index (χ1n) is 5.80. The number of nitrogens with two attached hydrogens (primary N) is 1. The van der Waals surface area contributed by atoms with E-state index in [1.54, 1.807) is 0 Å². The van der Waals surface area contributed by atoms with Crippen molar-refractivity contribution in [2.75, 3.05) is 13.2 Å². The maximum absolute atomic E-state index is 8.87. The van der Waals surface area contributed by atoms with Gasteiger partial charge in [0, 0.05) is 31.7 Å². The molecule has 0 heterocycles. The Kier molecular flexibility index (Phi) is 5.50. The summed E-state index contributed by atoms with van der Waals surface area (Å²) in [5, 5.41) is 8.87. The summed E-state index contributed by atoms with van der Waals surface area (Å²) in [6.45, 7) is 3.41. The zero-order valence-electron chi connectivity index (χ0n) is 9.48. The molecule has 0 spiro atoms. The molecule has 1 saturated carbocycles.